The molecule has 0 amide bonds. The molecule has 1 fully saturated rings. The van der Waals surface area contributed by atoms with Crippen LogP contribution in [0.25, 0.3) is 0 Å². The molecule has 5 heteroatoms. The smallest absolute Gasteiger partial charge is 0.235 e. The van der Waals surface area contributed by atoms with E-state index in [0.29, 0.717) is 17.2 Å². The van der Waals surface area contributed by atoms with E-state index in [0.717, 1.165) is 18.4 Å². The van der Waals surface area contributed by atoms with E-state index < -0.39 is 5.54 Å². The van der Waals surface area contributed by atoms with Crippen LogP contribution in [0.15, 0.2) is 17.1 Å². The fourth-order valence-corrected chi connectivity index (χ4v) is 2.10. The lowest BCUT2D eigenvalue weighted by Gasteiger charge is -2.13. The second-order valence-electron chi connectivity index (χ2n) is 4.14. The third-order valence-electron chi connectivity index (χ3n) is 3.17. The number of hydrogen-bond acceptors (Lipinski definition) is 5. The van der Waals surface area contributed by atoms with E-state index in [1.165, 1.54) is 0 Å². The Hall–Kier alpha value is -2.00. The van der Waals surface area contributed by atoms with Crippen LogP contribution < -0.4 is 14.2 Å². The van der Waals surface area contributed by atoms with Crippen LogP contribution in [0, 0.1) is 0 Å². The maximum absolute atomic E-state index is 10.5. The second-order valence-corrected chi connectivity index (χ2v) is 4.14. The number of fused-ring (bicyclic) bond motifs is 1. The van der Waals surface area contributed by atoms with E-state index in [1.807, 2.05) is 6.07 Å². The van der Waals surface area contributed by atoms with Crippen LogP contribution in [-0.4, -0.2) is 20.0 Å². The van der Waals surface area contributed by atoms with Crippen molar-refractivity contribution in [1.29, 1.82) is 0 Å². The standard InChI is InChI=1S/C12H11NO4/c1-15-8-4-9(12(2-3-12)13-6-14)11-10(5-8)16-7-17-11/h4-5H,2-3,7H2,1H3. The second kappa shape index (κ2) is 3.50. The van der Waals surface area contributed by atoms with Gasteiger partial charge in [-0.05, 0) is 18.9 Å². The van der Waals surface area contributed by atoms with Crippen LogP contribution in [0.3, 0.4) is 0 Å². The van der Waals surface area contributed by atoms with Crippen molar-refractivity contribution in [3.63, 3.8) is 0 Å². The molecule has 1 aliphatic heterocycles. The minimum Gasteiger partial charge on any atom is -0.497 e. The van der Waals surface area contributed by atoms with Crippen molar-refractivity contribution in [1.82, 2.24) is 0 Å². The van der Waals surface area contributed by atoms with Crippen LogP contribution in [0.4, 0.5) is 0 Å². The van der Waals surface area contributed by atoms with Crippen LogP contribution in [0.1, 0.15) is 18.4 Å². The van der Waals surface area contributed by atoms with Gasteiger partial charge in [0.25, 0.3) is 0 Å². The van der Waals surface area contributed by atoms with Crippen molar-refractivity contribution in [2.24, 2.45) is 4.99 Å². The highest BCUT2D eigenvalue weighted by molar-refractivity contribution is 5.58. The largest absolute Gasteiger partial charge is 0.497 e. The average molecular weight is 233 g/mol. The number of benzene rings is 1. The number of hydrogen-bond donors (Lipinski definition) is 0. The van der Waals surface area contributed by atoms with Gasteiger partial charge in [0, 0.05) is 11.6 Å². The molecule has 17 heavy (non-hydrogen) atoms. The molecule has 0 unspecified atom stereocenters. The fourth-order valence-electron chi connectivity index (χ4n) is 2.10. The zero-order valence-corrected chi connectivity index (χ0v) is 9.36. The molecular weight excluding hydrogens is 222 g/mol. The highest BCUT2D eigenvalue weighted by Crippen LogP contribution is 2.56. The summed E-state index contributed by atoms with van der Waals surface area (Å²) in [6.45, 7) is 0.191. The Bertz CT molecular complexity index is 515. The van der Waals surface area contributed by atoms with Crippen LogP contribution in [0.2, 0.25) is 0 Å². The molecule has 0 atom stereocenters. The Balaban J connectivity index is 2.15. The molecule has 1 saturated carbocycles. The monoisotopic (exact) mass is 233 g/mol. The van der Waals surface area contributed by atoms with Gasteiger partial charge in [0.1, 0.15) is 11.3 Å². The molecule has 0 bridgehead atoms. The number of ether oxygens (including phenoxy) is 3. The quantitative estimate of drug-likeness (QED) is 0.589. The van der Waals surface area contributed by atoms with Crippen molar-refractivity contribution in [3.8, 4) is 17.2 Å². The molecule has 0 N–H and O–H groups in total. The van der Waals surface area contributed by atoms with Gasteiger partial charge in [-0.2, -0.15) is 4.99 Å². The van der Waals surface area contributed by atoms with Gasteiger partial charge in [-0.25, -0.2) is 4.79 Å². The molecule has 1 aromatic carbocycles. The van der Waals surface area contributed by atoms with Crippen molar-refractivity contribution in [3.05, 3.63) is 17.7 Å². The molecule has 1 aromatic rings. The topological polar surface area (TPSA) is 57.1 Å². The summed E-state index contributed by atoms with van der Waals surface area (Å²) in [5, 5.41) is 0. The van der Waals surface area contributed by atoms with Crippen LogP contribution >= 0.6 is 0 Å². The molecule has 0 saturated heterocycles. The molecule has 0 radical (unpaired) electrons. The average Bonchev–Trinajstić information content (AvgIpc) is 2.97. The molecule has 0 spiro atoms. The maximum atomic E-state index is 10.5. The van der Waals surface area contributed by atoms with E-state index in [-0.39, 0.29) is 6.79 Å². The third-order valence-corrected chi connectivity index (χ3v) is 3.17. The third kappa shape index (κ3) is 1.47. The van der Waals surface area contributed by atoms with Gasteiger partial charge in [0.05, 0.1) is 7.11 Å². The van der Waals surface area contributed by atoms with Gasteiger partial charge in [0.15, 0.2) is 11.5 Å². The van der Waals surface area contributed by atoms with Crippen molar-refractivity contribution in [2.75, 3.05) is 13.9 Å². The van der Waals surface area contributed by atoms with E-state index in [9.17, 15) is 4.79 Å². The van der Waals surface area contributed by atoms with Crippen molar-refractivity contribution < 1.29 is 19.0 Å². The summed E-state index contributed by atoms with van der Waals surface area (Å²) in [7, 11) is 1.59. The number of isocyanates is 1. The number of carbonyl (C=O) groups excluding carboxylic acids is 1. The Morgan fingerprint density at radius 1 is 1.41 bits per heavy atom. The summed E-state index contributed by atoms with van der Waals surface area (Å²) in [6.07, 6.45) is 3.28. The first-order valence-electron chi connectivity index (χ1n) is 5.36. The Morgan fingerprint density at radius 3 is 2.88 bits per heavy atom. The molecule has 88 valence electrons. The number of nitrogens with zero attached hydrogens (tertiary/aromatic N) is 1. The van der Waals surface area contributed by atoms with Crippen LogP contribution in [-0.2, 0) is 10.3 Å². The summed E-state index contributed by atoms with van der Waals surface area (Å²) in [4.78, 5) is 14.4. The Labute approximate surface area is 98.0 Å². The Morgan fingerprint density at radius 2 is 2.24 bits per heavy atom. The van der Waals surface area contributed by atoms with Gasteiger partial charge < -0.3 is 14.2 Å². The molecule has 5 nitrogen and oxygen atoms in total. The SMILES string of the molecule is COc1cc2c(c(C3(N=C=O)CC3)c1)OCO2. The minimum absolute atomic E-state index is 0.191. The number of rotatable bonds is 3. The summed E-state index contributed by atoms with van der Waals surface area (Å²) in [5.41, 5.74) is 0.376. The molecule has 2 aliphatic rings. The molecular formula is C12H11NO4. The summed E-state index contributed by atoms with van der Waals surface area (Å²) < 4.78 is 16.0. The zero-order chi connectivity index (χ0) is 11.9. The van der Waals surface area contributed by atoms with E-state index in [1.54, 1.807) is 19.3 Å². The van der Waals surface area contributed by atoms with Gasteiger partial charge in [0.2, 0.25) is 12.9 Å². The first-order chi connectivity index (χ1) is 8.29. The highest BCUT2D eigenvalue weighted by atomic mass is 16.7. The van der Waals surface area contributed by atoms with E-state index in [4.69, 9.17) is 14.2 Å². The predicted octanol–water partition coefficient (Wildman–Crippen LogP) is 1.75. The normalized spacial score (nSPS) is 18.4. The maximum Gasteiger partial charge on any atom is 0.235 e. The van der Waals surface area contributed by atoms with Crippen molar-refractivity contribution >= 4 is 6.08 Å². The lowest BCUT2D eigenvalue weighted by Crippen LogP contribution is -2.04. The molecule has 0 aromatic heterocycles. The Kier molecular flexibility index (Phi) is 2.09. The predicted molar refractivity (Wildman–Crippen MR) is 58.2 cm³/mol. The van der Waals surface area contributed by atoms with Gasteiger partial charge >= 0.3 is 0 Å². The van der Waals surface area contributed by atoms with Gasteiger partial charge in [-0.1, -0.05) is 0 Å². The number of methoxy groups -OCH3 is 1. The first kappa shape index (κ1) is 10.2. The van der Waals surface area contributed by atoms with E-state index >= 15 is 0 Å². The lowest BCUT2D eigenvalue weighted by molar-refractivity contribution is 0.172. The van der Waals surface area contributed by atoms with Gasteiger partial charge in [-0.3, -0.25) is 0 Å². The number of aliphatic imine (C=N–C) groups is 1. The van der Waals surface area contributed by atoms with Gasteiger partial charge in [-0.15, -0.1) is 0 Å². The lowest BCUT2D eigenvalue weighted by atomic mass is 10.0. The van der Waals surface area contributed by atoms with E-state index in [2.05, 4.69) is 4.99 Å². The summed E-state index contributed by atoms with van der Waals surface area (Å²) in [5.74, 6) is 1.99. The highest BCUT2D eigenvalue weighted by Gasteiger charge is 2.48. The zero-order valence-electron chi connectivity index (χ0n) is 9.36. The van der Waals surface area contributed by atoms with Crippen molar-refractivity contribution in [2.45, 2.75) is 18.4 Å². The fraction of sp³-hybridized carbons (Fsp3) is 0.417. The summed E-state index contributed by atoms with van der Waals surface area (Å²) in [6, 6.07) is 3.62. The molecule has 3 rings (SSSR count). The minimum atomic E-state index is -0.478. The van der Waals surface area contributed by atoms with Crippen LogP contribution in [0.5, 0.6) is 17.2 Å². The molecule has 1 aliphatic carbocycles. The summed E-state index contributed by atoms with van der Waals surface area (Å²) >= 11 is 0. The first-order valence-corrected chi connectivity index (χ1v) is 5.36. The molecule has 1 heterocycles.